The lowest BCUT2D eigenvalue weighted by Crippen LogP contribution is -2.31. The van der Waals surface area contributed by atoms with E-state index in [-0.39, 0.29) is 18.1 Å². The van der Waals surface area contributed by atoms with Gasteiger partial charge in [0, 0.05) is 18.5 Å². The zero-order valence-corrected chi connectivity index (χ0v) is 12.6. The molecular formula is C16H16N2O2S. The van der Waals surface area contributed by atoms with Crippen LogP contribution in [-0.2, 0) is 15.6 Å². The van der Waals surface area contributed by atoms with Gasteiger partial charge < -0.3 is 4.90 Å². The Hall–Kier alpha value is -2.19. The predicted octanol–water partition coefficient (Wildman–Crippen LogP) is 2.32. The largest absolute Gasteiger partial charge is 0.344 e. The molecule has 1 amide bonds. The highest BCUT2D eigenvalue weighted by Crippen LogP contribution is 2.18. The standard InChI is InChI=1S/C16H16N2O2S/c1-18(10-4-9-17)16(19)12-21(20)15-8-7-13-5-2-3-6-14(13)11-15/h2-3,5-8,11H,4,10,12H2,1H3. The van der Waals surface area contributed by atoms with Crippen molar-refractivity contribution in [3.63, 3.8) is 0 Å². The van der Waals surface area contributed by atoms with Crippen molar-refractivity contribution in [3.8, 4) is 6.07 Å². The molecule has 4 nitrogen and oxygen atoms in total. The number of rotatable bonds is 5. The van der Waals surface area contributed by atoms with Crippen LogP contribution in [0.15, 0.2) is 47.4 Å². The summed E-state index contributed by atoms with van der Waals surface area (Å²) in [4.78, 5) is 14.0. The minimum Gasteiger partial charge on any atom is -0.344 e. The first kappa shape index (κ1) is 15.2. The van der Waals surface area contributed by atoms with Gasteiger partial charge in [-0.05, 0) is 22.9 Å². The molecule has 1 unspecified atom stereocenters. The van der Waals surface area contributed by atoms with Gasteiger partial charge in [0.2, 0.25) is 5.91 Å². The second kappa shape index (κ2) is 7.00. The minimum atomic E-state index is -1.37. The molecule has 1 atom stereocenters. The van der Waals surface area contributed by atoms with E-state index in [1.807, 2.05) is 42.5 Å². The molecule has 0 aromatic heterocycles. The molecule has 2 aromatic rings. The third kappa shape index (κ3) is 3.89. The van der Waals surface area contributed by atoms with Crippen molar-refractivity contribution in [2.45, 2.75) is 11.3 Å². The van der Waals surface area contributed by atoms with Crippen LogP contribution in [0, 0.1) is 11.3 Å². The molecule has 0 heterocycles. The van der Waals surface area contributed by atoms with E-state index < -0.39 is 10.8 Å². The minimum absolute atomic E-state index is 0.0553. The number of fused-ring (bicyclic) bond motifs is 1. The maximum absolute atomic E-state index is 12.3. The molecule has 108 valence electrons. The van der Waals surface area contributed by atoms with E-state index in [0.717, 1.165) is 10.8 Å². The van der Waals surface area contributed by atoms with Crippen LogP contribution in [0.4, 0.5) is 0 Å². The van der Waals surface area contributed by atoms with Crippen LogP contribution in [0.5, 0.6) is 0 Å². The fourth-order valence-corrected chi connectivity index (χ4v) is 3.05. The van der Waals surface area contributed by atoms with E-state index in [1.165, 1.54) is 4.90 Å². The molecule has 0 aliphatic heterocycles. The van der Waals surface area contributed by atoms with Crippen LogP contribution in [0.25, 0.3) is 10.8 Å². The SMILES string of the molecule is CN(CCC#N)C(=O)CS(=O)c1ccc2ccccc2c1. The smallest absolute Gasteiger partial charge is 0.235 e. The second-order valence-corrected chi connectivity index (χ2v) is 6.17. The molecule has 0 radical (unpaired) electrons. The highest BCUT2D eigenvalue weighted by atomic mass is 32.2. The van der Waals surface area contributed by atoms with Crippen LogP contribution in [0.3, 0.4) is 0 Å². The quantitative estimate of drug-likeness (QED) is 0.851. The van der Waals surface area contributed by atoms with Crippen molar-refractivity contribution in [1.82, 2.24) is 4.90 Å². The van der Waals surface area contributed by atoms with Gasteiger partial charge in [-0.15, -0.1) is 0 Å². The number of hydrogen-bond acceptors (Lipinski definition) is 3. The normalized spacial score (nSPS) is 11.8. The number of amides is 1. The van der Waals surface area contributed by atoms with Gasteiger partial charge in [0.1, 0.15) is 5.75 Å². The Kier molecular flexibility index (Phi) is 5.07. The van der Waals surface area contributed by atoms with E-state index in [0.29, 0.717) is 11.4 Å². The number of benzene rings is 2. The van der Waals surface area contributed by atoms with Crippen LogP contribution in [0.1, 0.15) is 6.42 Å². The third-order valence-electron chi connectivity index (χ3n) is 3.22. The predicted molar refractivity (Wildman–Crippen MR) is 83.1 cm³/mol. The first-order valence-electron chi connectivity index (χ1n) is 6.60. The molecule has 2 rings (SSSR count). The fraction of sp³-hybridized carbons (Fsp3) is 0.250. The summed E-state index contributed by atoms with van der Waals surface area (Å²) in [7, 11) is 0.253. The lowest BCUT2D eigenvalue weighted by molar-refractivity contribution is -0.127. The van der Waals surface area contributed by atoms with Gasteiger partial charge >= 0.3 is 0 Å². The van der Waals surface area contributed by atoms with Crippen molar-refractivity contribution in [1.29, 1.82) is 5.26 Å². The topological polar surface area (TPSA) is 61.2 Å². The Morgan fingerprint density at radius 1 is 1.24 bits per heavy atom. The lowest BCUT2D eigenvalue weighted by atomic mass is 10.1. The van der Waals surface area contributed by atoms with Crippen LogP contribution in [0.2, 0.25) is 0 Å². The molecule has 0 aliphatic rings. The Morgan fingerprint density at radius 3 is 2.67 bits per heavy atom. The van der Waals surface area contributed by atoms with Crippen molar-refractivity contribution in [2.24, 2.45) is 0 Å². The molecule has 0 spiro atoms. The number of nitrogens with zero attached hydrogens (tertiary/aromatic N) is 2. The first-order valence-corrected chi connectivity index (χ1v) is 7.92. The van der Waals surface area contributed by atoms with E-state index in [9.17, 15) is 9.00 Å². The van der Waals surface area contributed by atoms with Crippen molar-refractivity contribution >= 4 is 27.5 Å². The first-order chi connectivity index (χ1) is 10.1. The zero-order chi connectivity index (χ0) is 15.2. The third-order valence-corrected chi connectivity index (χ3v) is 4.51. The molecule has 0 aliphatic carbocycles. The van der Waals surface area contributed by atoms with E-state index >= 15 is 0 Å². The molecule has 0 N–H and O–H groups in total. The maximum Gasteiger partial charge on any atom is 0.235 e. The van der Waals surface area contributed by atoms with Gasteiger partial charge in [-0.2, -0.15) is 5.26 Å². The zero-order valence-electron chi connectivity index (χ0n) is 11.8. The summed E-state index contributed by atoms with van der Waals surface area (Å²) in [6.45, 7) is 0.365. The number of carbonyl (C=O) groups is 1. The van der Waals surface area contributed by atoms with Gasteiger partial charge in [-0.1, -0.05) is 30.3 Å². The van der Waals surface area contributed by atoms with E-state index in [4.69, 9.17) is 5.26 Å². The summed E-state index contributed by atoms with van der Waals surface area (Å²) >= 11 is 0. The summed E-state index contributed by atoms with van der Waals surface area (Å²) in [6, 6.07) is 15.4. The van der Waals surface area contributed by atoms with Gasteiger partial charge in [-0.3, -0.25) is 9.00 Å². The Morgan fingerprint density at radius 2 is 1.95 bits per heavy atom. The highest BCUT2D eigenvalue weighted by Gasteiger charge is 2.14. The average Bonchev–Trinajstić information content (AvgIpc) is 2.51. The Bertz CT molecular complexity index is 722. The molecule has 21 heavy (non-hydrogen) atoms. The molecule has 0 saturated heterocycles. The Labute approximate surface area is 126 Å². The lowest BCUT2D eigenvalue weighted by Gasteiger charge is -2.15. The second-order valence-electron chi connectivity index (χ2n) is 4.72. The molecule has 0 bridgehead atoms. The summed E-state index contributed by atoms with van der Waals surface area (Å²) < 4.78 is 12.3. The van der Waals surface area contributed by atoms with Crippen LogP contribution < -0.4 is 0 Å². The summed E-state index contributed by atoms with van der Waals surface area (Å²) in [5.74, 6) is -0.267. The monoisotopic (exact) mass is 300 g/mol. The van der Waals surface area contributed by atoms with Crippen LogP contribution in [-0.4, -0.2) is 34.4 Å². The fourth-order valence-electron chi connectivity index (χ4n) is 1.96. The van der Waals surface area contributed by atoms with Crippen LogP contribution >= 0.6 is 0 Å². The summed E-state index contributed by atoms with van der Waals surface area (Å²) in [6.07, 6.45) is 0.283. The number of carbonyl (C=O) groups excluding carboxylic acids is 1. The van der Waals surface area contributed by atoms with Gasteiger partial charge in [0.05, 0.1) is 23.3 Å². The van der Waals surface area contributed by atoms with Crippen molar-refractivity contribution in [3.05, 3.63) is 42.5 Å². The van der Waals surface area contributed by atoms with Gasteiger partial charge in [-0.25, -0.2) is 0 Å². The molecule has 0 saturated carbocycles. The van der Waals surface area contributed by atoms with Crippen molar-refractivity contribution in [2.75, 3.05) is 19.3 Å². The summed E-state index contributed by atoms with van der Waals surface area (Å²) in [5, 5.41) is 10.6. The molecule has 5 heteroatoms. The average molecular weight is 300 g/mol. The maximum atomic E-state index is 12.3. The molecule has 0 fully saturated rings. The van der Waals surface area contributed by atoms with E-state index in [1.54, 1.807) is 13.1 Å². The summed E-state index contributed by atoms with van der Waals surface area (Å²) in [5.41, 5.74) is 0. The van der Waals surface area contributed by atoms with E-state index in [2.05, 4.69) is 0 Å². The molecule has 2 aromatic carbocycles. The Balaban J connectivity index is 2.08. The number of hydrogen-bond donors (Lipinski definition) is 0. The molecular weight excluding hydrogens is 284 g/mol. The van der Waals surface area contributed by atoms with Gasteiger partial charge in [0.25, 0.3) is 0 Å². The van der Waals surface area contributed by atoms with Gasteiger partial charge in [0.15, 0.2) is 0 Å². The number of nitriles is 1. The highest BCUT2D eigenvalue weighted by molar-refractivity contribution is 7.85. The van der Waals surface area contributed by atoms with Crippen molar-refractivity contribution < 1.29 is 9.00 Å².